The van der Waals surface area contributed by atoms with Crippen LogP contribution in [0.1, 0.15) is 36.5 Å². The summed E-state index contributed by atoms with van der Waals surface area (Å²) in [4.78, 5) is 23.2. The summed E-state index contributed by atoms with van der Waals surface area (Å²) in [5.41, 5.74) is 1.77. The van der Waals surface area contributed by atoms with E-state index < -0.39 is 11.5 Å². The molecule has 162 valence electrons. The summed E-state index contributed by atoms with van der Waals surface area (Å²) in [6.45, 7) is 2.49. The van der Waals surface area contributed by atoms with Crippen LogP contribution in [0.5, 0.6) is 5.75 Å². The summed E-state index contributed by atoms with van der Waals surface area (Å²) in [6.07, 6.45) is 1.41. The van der Waals surface area contributed by atoms with Gasteiger partial charge in [0.05, 0.1) is 12.7 Å². The van der Waals surface area contributed by atoms with Gasteiger partial charge in [0.25, 0.3) is 12.4 Å². The van der Waals surface area contributed by atoms with Crippen LogP contribution >= 0.6 is 0 Å². The largest absolute Gasteiger partial charge is 0.508 e. The van der Waals surface area contributed by atoms with Gasteiger partial charge in [0.1, 0.15) is 5.75 Å². The Labute approximate surface area is 176 Å². The van der Waals surface area contributed by atoms with Gasteiger partial charge in [-0.1, -0.05) is 37.6 Å². The van der Waals surface area contributed by atoms with E-state index in [1.807, 2.05) is 37.3 Å². The van der Waals surface area contributed by atoms with Crippen LogP contribution in [0.25, 0.3) is 11.1 Å². The first-order chi connectivity index (χ1) is 14.4. The molecule has 0 spiro atoms. The summed E-state index contributed by atoms with van der Waals surface area (Å²) in [5.74, 6) is 0.116. The van der Waals surface area contributed by atoms with Crippen LogP contribution < -0.4 is 0 Å². The zero-order chi connectivity index (χ0) is 22.1. The number of carbonyl (C=O) groups is 2. The molecule has 30 heavy (non-hydrogen) atoms. The molecule has 0 radical (unpaired) electrons. The van der Waals surface area contributed by atoms with Crippen LogP contribution in [-0.2, 0) is 4.79 Å². The van der Waals surface area contributed by atoms with E-state index in [2.05, 4.69) is 0 Å². The summed E-state index contributed by atoms with van der Waals surface area (Å²) >= 11 is 0. The van der Waals surface area contributed by atoms with Gasteiger partial charge in [0.2, 0.25) is 0 Å². The average molecular weight is 415 g/mol. The van der Waals surface area contributed by atoms with Crippen molar-refractivity contribution in [1.82, 2.24) is 4.90 Å². The van der Waals surface area contributed by atoms with Crippen molar-refractivity contribution < 1.29 is 30.0 Å². The van der Waals surface area contributed by atoms with Gasteiger partial charge in [-0.2, -0.15) is 0 Å². The van der Waals surface area contributed by atoms with E-state index in [1.165, 1.54) is 0 Å². The van der Waals surface area contributed by atoms with Crippen molar-refractivity contribution in [2.75, 3.05) is 19.7 Å². The molecule has 2 atom stereocenters. The van der Waals surface area contributed by atoms with Gasteiger partial charge < -0.3 is 25.3 Å². The Morgan fingerprint density at radius 1 is 1.20 bits per heavy atom. The van der Waals surface area contributed by atoms with Crippen LogP contribution in [0.3, 0.4) is 0 Å². The highest BCUT2D eigenvalue weighted by Crippen LogP contribution is 2.35. The van der Waals surface area contributed by atoms with Gasteiger partial charge >= 0.3 is 0 Å². The maximum Gasteiger partial charge on any atom is 0.290 e. The van der Waals surface area contributed by atoms with Crippen molar-refractivity contribution in [2.24, 2.45) is 5.41 Å². The topological polar surface area (TPSA) is 118 Å². The van der Waals surface area contributed by atoms with E-state index >= 15 is 0 Å². The molecule has 1 aliphatic heterocycles. The summed E-state index contributed by atoms with van der Waals surface area (Å²) in [5, 5.41) is 36.7. The third kappa shape index (κ3) is 5.37. The molecule has 0 bridgehead atoms. The summed E-state index contributed by atoms with van der Waals surface area (Å²) < 4.78 is 0. The number of rotatable bonds is 5. The minimum atomic E-state index is -0.642. The number of carbonyl (C=O) groups excluding carboxylic acids is 1. The first-order valence-electron chi connectivity index (χ1n) is 9.96. The number of aromatic hydroxyl groups is 1. The number of amides is 1. The molecule has 1 fully saturated rings. The Balaban J connectivity index is 0.00000101. The monoisotopic (exact) mass is 415 g/mol. The van der Waals surface area contributed by atoms with E-state index in [9.17, 15) is 20.1 Å². The zero-order valence-electron chi connectivity index (χ0n) is 17.1. The number of hydrogen-bond donors (Lipinski definition) is 4. The second-order valence-corrected chi connectivity index (χ2v) is 7.53. The lowest BCUT2D eigenvalue weighted by Gasteiger charge is -2.45. The normalized spacial score (nSPS) is 20.8. The molecule has 7 nitrogen and oxygen atoms in total. The minimum Gasteiger partial charge on any atom is -0.508 e. The van der Waals surface area contributed by atoms with E-state index in [1.54, 1.807) is 23.1 Å². The minimum absolute atomic E-state index is 0.0866. The number of aliphatic hydroxyl groups is 2. The number of piperidine rings is 1. The fraction of sp³-hybridized carbons (Fsp3) is 0.391. The lowest BCUT2D eigenvalue weighted by molar-refractivity contribution is -0.122. The summed E-state index contributed by atoms with van der Waals surface area (Å²) in [6, 6.07) is 14.3. The zero-order valence-corrected chi connectivity index (χ0v) is 17.1. The number of benzene rings is 2. The smallest absolute Gasteiger partial charge is 0.290 e. The molecule has 1 saturated heterocycles. The Morgan fingerprint density at radius 2 is 1.87 bits per heavy atom. The molecular weight excluding hydrogens is 386 g/mol. The molecule has 0 unspecified atom stereocenters. The van der Waals surface area contributed by atoms with E-state index in [0.29, 0.717) is 31.5 Å². The third-order valence-corrected chi connectivity index (χ3v) is 5.55. The number of phenols is 1. The highest BCUT2D eigenvalue weighted by molar-refractivity contribution is 5.95. The first-order valence-corrected chi connectivity index (χ1v) is 9.96. The number of carboxylic acid groups (broad SMARTS) is 1. The molecule has 1 aliphatic rings. The summed E-state index contributed by atoms with van der Waals surface area (Å²) in [7, 11) is 0. The van der Waals surface area contributed by atoms with Crippen LogP contribution in [0.4, 0.5) is 0 Å². The second-order valence-electron chi connectivity index (χ2n) is 7.53. The molecule has 0 saturated carbocycles. The van der Waals surface area contributed by atoms with Crippen molar-refractivity contribution in [1.29, 1.82) is 0 Å². The van der Waals surface area contributed by atoms with E-state index in [-0.39, 0.29) is 24.7 Å². The van der Waals surface area contributed by atoms with Gasteiger partial charge in [-0.3, -0.25) is 9.59 Å². The standard InChI is InChI=1S/C22H27NO4.CH2O2/c1-2-11-22(15-24)14-23(12-10-20(22)26)21(27)18-5-3-4-17(13-18)16-6-8-19(25)9-7-16;2-1-3/h3-9,13,20,24-26H,2,10-12,14-15H2,1H3;1H,(H,2,3)/t20-,22+;/m1./s1. The van der Waals surface area contributed by atoms with Crippen LogP contribution in [0, 0.1) is 5.41 Å². The predicted octanol–water partition coefficient (Wildman–Crippen LogP) is 2.75. The number of aliphatic hydroxyl groups excluding tert-OH is 2. The Morgan fingerprint density at radius 3 is 2.47 bits per heavy atom. The average Bonchev–Trinajstić information content (AvgIpc) is 2.76. The number of phenolic OH excluding ortho intramolecular Hbond substituents is 1. The molecule has 0 aliphatic carbocycles. The molecule has 1 heterocycles. The highest BCUT2D eigenvalue weighted by Gasteiger charge is 2.43. The van der Waals surface area contributed by atoms with Crippen LogP contribution in [-0.4, -0.2) is 63.5 Å². The van der Waals surface area contributed by atoms with Crippen molar-refractivity contribution in [3.8, 4) is 16.9 Å². The lowest BCUT2D eigenvalue weighted by atomic mass is 9.74. The van der Waals surface area contributed by atoms with Gasteiger partial charge in [-0.15, -0.1) is 0 Å². The van der Waals surface area contributed by atoms with Gasteiger partial charge in [0.15, 0.2) is 0 Å². The molecule has 4 N–H and O–H groups in total. The lowest BCUT2D eigenvalue weighted by Crippen LogP contribution is -2.55. The van der Waals surface area contributed by atoms with Crippen molar-refractivity contribution in [2.45, 2.75) is 32.3 Å². The SMILES string of the molecule is CCC[C@@]1(CO)CN(C(=O)c2cccc(-c3ccc(O)cc3)c2)CC[C@H]1O.O=CO. The number of hydrogen-bond acceptors (Lipinski definition) is 5. The van der Waals surface area contributed by atoms with Crippen molar-refractivity contribution in [3.05, 3.63) is 54.1 Å². The van der Waals surface area contributed by atoms with Crippen LogP contribution in [0.15, 0.2) is 48.5 Å². The van der Waals surface area contributed by atoms with Gasteiger partial charge in [0, 0.05) is 24.1 Å². The van der Waals surface area contributed by atoms with Gasteiger partial charge in [-0.25, -0.2) is 0 Å². The van der Waals surface area contributed by atoms with E-state index in [0.717, 1.165) is 17.5 Å². The predicted molar refractivity (Wildman–Crippen MR) is 113 cm³/mol. The number of nitrogens with zero attached hydrogens (tertiary/aromatic N) is 1. The molecule has 3 rings (SSSR count). The highest BCUT2D eigenvalue weighted by atomic mass is 16.3. The van der Waals surface area contributed by atoms with Crippen LogP contribution in [0.2, 0.25) is 0 Å². The fourth-order valence-corrected chi connectivity index (χ4v) is 3.97. The van der Waals surface area contributed by atoms with E-state index in [4.69, 9.17) is 9.90 Å². The first kappa shape index (κ1) is 23.4. The fourth-order valence-electron chi connectivity index (χ4n) is 3.97. The second kappa shape index (κ2) is 10.8. The number of likely N-dealkylation sites (tertiary alicyclic amines) is 1. The Bertz CT molecular complexity index is 838. The molecule has 2 aromatic rings. The maximum absolute atomic E-state index is 13.1. The maximum atomic E-state index is 13.1. The third-order valence-electron chi connectivity index (χ3n) is 5.55. The Kier molecular flexibility index (Phi) is 8.38. The molecule has 2 aromatic carbocycles. The van der Waals surface area contributed by atoms with Crippen molar-refractivity contribution >= 4 is 12.4 Å². The Hall–Kier alpha value is -2.90. The quantitative estimate of drug-likeness (QED) is 0.558. The molecular formula is C23H29NO6. The van der Waals surface area contributed by atoms with Crippen molar-refractivity contribution in [3.63, 3.8) is 0 Å². The molecule has 1 amide bonds. The molecule has 7 heteroatoms. The molecule has 0 aromatic heterocycles. The van der Waals surface area contributed by atoms with Gasteiger partial charge in [-0.05, 0) is 48.2 Å².